The van der Waals surface area contributed by atoms with Crippen molar-refractivity contribution in [2.75, 3.05) is 13.7 Å². The van der Waals surface area contributed by atoms with Crippen LogP contribution in [0.2, 0.25) is 0 Å². The molecule has 4 unspecified atom stereocenters. The number of rotatable bonds is 5. The first-order valence-corrected chi connectivity index (χ1v) is 8.22. The zero-order chi connectivity index (χ0) is 17.5. The molecule has 0 spiro atoms. The van der Waals surface area contributed by atoms with Gasteiger partial charge in [0.1, 0.15) is 12.1 Å². The van der Waals surface area contributed by atoms with Gasteiger partial charge in [-0.25, -0.2) is 9.59 Å². The summed E-state index contributed by atoms with van der Waals surface area (Å²) in [5.41, 5.74) is 0.906. The number of amides is 1. The molecule has 2 rings (SSSR count). The summed E-state index contributed by atoms with van der Waals surface area (Å²) in [4.78, 5) is 24.3. The second-order valence-corrected chi connectivity index (χ2v) is 6.07. The lowest BCUT2D eigenvalue weighted by molar-refractivity contribution is -0.154. The van der Waals surface area contributed by atoms with Crippen LogP contribution in [0.3, 0.4) is 0 Å². The van der Waals surface area contributed by atoms with Crippen LogP contribution in [0.1, 0.15) is 38.4 Å². The van der Waals surface area contributed by atoms with Crippen molar-refractivity contribution in [1.82, 2.24) is 5.32 Å². The number of benzene rings is 1. The summed E-state index contributed by atoms with van der Waals surface area (Å²) >= 11 is 0. The molecule has 1 N–H and O–H groups in total. The molecule has 1 aliphatic rings. The summed E-state index contributed by atoms with van der Waals surface area (Å²) in [7, 11) is 1.27. The number of carbonyl (C=O) groups excluding carboxylic acids is 2. The molecular formula is C18H25NO5. The smallest absolute Gasteiger partial charge is 0.407 e. The van der Waals surface area contributed by atoms with Gasteiger partial charge in [0.15, 0.2) is 0 Å². The minimum atomic E-state index is -0.741. The Balaban J connectivity index is 2.07. The molecule has 1 saturated heterocycles. The monoisotopic (exact) mass is 335 g/mol. The molecule has 0 aromatic heterocycles. The highest BCUT2D eigenvalue weighted by molar-refractivity contribution is 5.81. The van der Waals surface area contributed by atoms with Gasteiger partial charge < -0.3 is 19.5 Å². The van der Waals surface area contributed by atoms with E-state index in [9.17, 15) is 9.59 Å². The van der Waals surface area contributed by atoms with Gasteiger partial charge in [0.2, 0.25) is 0 Å². The van der Waals surface area contributed by atoms with Gasteiger partial charge in [0.25, 0.3) is 0 Å². The lowest BCUT2D eigenvalue weighted by atomic mass is 9.89. The summed E-state index contributed by atoms with van der Waals surface area (Å²) < 4.78 is 15.8. The molecule has 1 fully saturated rings. The summed E-state index contributed by atoms with van der Waals surface area (Å²) in [6.45, 7) is 4.33. The Labute approximate surface area is 142 Å². The van der Waals surface area contributed by atoms with E-state index >= 15 is 0 Å². The maximum absolute atomic E-state index is 12.7. The molecule has 1 amide bonds. The van der Waals surface area contributed by atoms with Crippen LogP contribution in [0, 0.1) is 5.92 Å². The van der Waals surface area contributed by atoms with Crippen molar-refractivity contribution in [3.8, 4) is 0 Å². The number of carbonyl (C=O) groups is 2. The fourth-order valence-corrected chi connectivity index (χ4v) is 2.93. The quantitative estimate of drug-likeness (QED) is 0.838. The summed E-state index contributed by atoms with van der Waals surface area (Å²) in [6, 6.07) is 8.75. The third-order valence-corrected chi connectivity index (χ3v) is 4.27. The van der Waals surface area contributed by atoms with Crippen LogP contribution >= 0.6 is 0 Å². The Kier molecular flexibility index (Phi) is 6.61. The van der Waals surface area contributed by atoms with Gasteiger partial charge in [0, 0.05) is 6.61 Å². The zero-order valence-corrected chi connectivity index (χ0v) is 14.4. The van der Waals surface area contributed by atoms with E-state index in [-0.39, 0.29) is 12.0 Å². The summed E-state index contributed by atoms with van der Waals surface area (Å²) in [5, 5.41) is 2.62. The second-order valence-electron chi connectivity index (χ2n) is 6.07. The molecule has 6 nitrogen and oxygen atoms in total. The van der Waals surface area contributed by atoms with Crippen LogP contribution in [-0.4, -0.2) is 37.9 Å². The molecular weight excluding hydrogens is 310 g/mol. The fourth-order valence-electron chi connectivity index (χ4n) is 2.93. The molecule has 1 heterocycles. The molecule has 0 bridgehead atoms. The van der Waals surface area contributed by atoms with Crippen molar-refractivity contribution >= 4 is 12.1 Å². The molecule has 24 heavy (non-hydrogen) atoms. The summed E-state index contributed by atoms with van der Waals surface area (Å²) in [5.74, 6) is -0.487. The second kappa shape index (κ2) is 8.68. The van der Waals surface area contributed by atoms with Gasteiger partial charge in [-0.2, -0.15) is 0 Å². The van der Waals surface area contributed by atoms with Crippen molar-refractivity contribution in [2.45, 2.75) is 44.9 Å². The van der Waals surface area contributed by atoms with Gasteiger partial charge in [-0.3, -0.25) is 0 Å². The molecule has 0 aliphatic carbocycles. The van der Waals surface area contributed by atoms with Crippen LogP contribution in [0.15, 0.2) is 30.3 Å². The fraction of sp³-hybridized carbons (Fsp3) is 0.556. The highest BCUT2D eigenvalue weighted by Crippen LogP contribution is 2.26. The molecule has 1 aromatic rings. The van der Waals surface area contributed by atoms with E-state index in [0.717, 1.165) is 5.56 Å². The number of nitrogens with one attached hydrogen (secondary N) is 1. The van der Waals surface area contributed by atoms with Crippen molar-refractivity contribution in [3.63, 3.8) is 0 Å². The molecule has 1 aromatic carbocycles. The van der Waals surface area contributed by atoms with Crippen molar-refractivity contribution < 1.29 is 23.8 Å². The Morgan fingerprint density at radius 3 is 2.62 bits per heavy atom. The van der Waals surface area contributed by atoms with Crippen LogP contribution < -0.4 is 5.32 Å². The van der Waals surface area contributed by atoms with E-state index < -0.39 is 24.2 Å². The van der Waals surface area contributed by atoms with Gasteiger partial charge in [-0.05, 0) is 38.2 Å². The van der Waals surface area contributed by atoms with E-state index in [2.05, 4.69) is 10.1 Å². The average molecular weight is 335 g/mol. The van der Waals surface area contributed by atoms with E-state index in [1.807, 2.05) is 44.2 Å². The third-order valence-electron chi connectivity index (χ3n) is 4.27. The largest absolute Gasteiger partial charge is 0.456 e. The third kappa shape index (κ3) is 4.96. The Hall–Kier alpha value is -2.08. The van der Waals surface area contributed by atoms with Crippen molar-refractivity contribution in [3.05, 3.63) is 35.9 Å². The number of esters is 1. The Morgan fingerprint density at radius 1 is 1.29 bits per heavy atom. The van der Waals surface area contributed by atoms with E-state index in [1.54, 1.807) is 0 Å². The Bertz CT molecular complexity index is 548. The van der Waals surface area contributed by atoms with Gasteiger partial charge in [-0.1, -0.05) is 30.3 Å². The van der Waals surface area contributed by atoms with Crippen molar-refractivity contribution in [2.24, 2.45) is 5.92 Å². The minimum Gasteiger partial charge on any atom is -0.456 e. The predicted octanol–water partition coefficient (Wildman–Crippen LogP) is 2.83. The van der Waals surface area contributed by atoms with E-state index in [0.29, 0.717) is 19.4 Å². The molecule has 1 aliphatic heterocycles. The molecule has 4 atom stereocenters. The molecule has 0 radical (unpaired) electrons. The first kappa shape index (κ1) is 18.3. The number of ether oxygens (including phenoxy) is 3. The molecule has 6 heteroatoms. The van der Waals surface area contributed by atoms with Crippen LogP contribution in [0.5, 0.6) is 0 Å². The number of alkyl carbamates (subject to hydrolysis) is 1. The lowest BCUT2D eigenvalue weighted by Gasteiger charge is -2.32. The van der Waals surface area contributed by atoms with Crippen LogP contribution in [0.25, 0.3) is 0 Å². The number of hydrogen-bond donors (Lipinski definition) is 1. The average Bonchev–Trinajstić information content (AvgIpc) is 2.60. The highest BCUT2D eigenvalue weighted by atomic mass is 16.6. The first-order valence-electron chi connectivity index (χ1n) is 8.22. The molecule has 132 valence electrons. The highest BCUT2D eigenvalue weighted by Gasteiger charge is 2.35. The first-order chi connectivity index (χ1) is 11.5. The summed E-state index contributed by atoms with van der Waals surface area (Å²) in [6.07, 6.45) is 0.392. The van der Waals surface area contributed by atoms with E-state index in [4.69, 9.17) is 9.47 Å². The predicted molar refractivity (Wildman–Crippen MR) is 88.4 cm³/mol. The number of methoxy groups -OCH3 is 1. The SMILES string of the molecule is COC(=O)NC(C(=O)OC(C)c1ccccc1)C1CCOC(C)C1. The number of hydrogen-bond acceptors (Lipinski definition) is 5. The maximum atomic E-state index is 12.7. The molecule has 0 saturated carbocycles. The van der Waals surface area contributed by atoms with Crippen molar-refractivity contribution in [1.29, 1.82) is 0 Å². The van der Waals surface area contributed by atoms with E-state index in [1.165, 1.54) is 7.11 Å². The topological polar surface area (TPSA) is 73.9 Å². The van der Waals surface area contributed by atoms with Gasteiger partial charge >= 0.3 is 12.1 Å². The maximum Gasteiger partial charge on any atom is 0.407 e. The van der Waals surface area contributed by atoms with Crippen LogP contribution in [-0.2, 0) is 19.0 Å². The minimum absolute atomic E-state index is 0.0386. The Morgan fingerprint density at radius 2 is 2.00 bits per heavy atom. The van der Waals surface area contributed by atoms with Crippen LogP contribution in [0.4, 0.5) is 4.79 Å². The van der Waals surface area contributed by atoms with Gasteiger partial charge in [-0.15, -0.1) is 0 Å². The lowest BCUT2D eigenvalue weighted by Crippen LogP contribution is -2.49. The zero-order valence-electron chi connectivity index (χ0n) is 14.4. The standard InChI is InChI=1S/C18H25NO5/c1-12-11-15(9-10-23-12)16(19-18(21)22-3)17(20)24-13(2)14-7-5-4-6-8-14/h4-8,12-13,15-16H,9-11H2,1-3H3,(H,19,21). The van der Waals surface area contributed by atoms with Gasteiger partial charge in [0.05, 0.1) is 13.2 Å². The normalized spacial score (nSPS) is 23.0.